The van der Waals surface area contributed by atoms with Crippen LogP contribution in [0, 0.1) is 6.92 Å². The number of nitrogens with zero attached hydrogens (tertiary/aromatic N) is 3. The molecule has 0 fully saturated rings. The molecule has 5 nitrogen and oxygen atoms in total. The third-order valence-corrected chi connectivity index (χ3v) is 3.09. The Morgan fingerprint density at radius 1 is 1.44 bits per heavy atom. The topological polar surface area (TPSA) is 57.0 Å². The molecule has 0 aliphatic rings. The van der Waals surface area contributed by atoms with E-state index in [2.05, 4.69) is 10.1 Å². The highest BCUT2D eigenvalue weighted by atomic mass is 32.2. The first-order valence-electron chi connectivity index (χ1n) is 5.33. The maximum atomic E-state index is 11.0. The fraction of sp³-hybridized carbons (Fsp3) is 0.250. The molecule has 0 amide bonds. The van der Waals surface area contributed by atoms with Crippen LogP contribution in [0.1, 0.15) is 16.1 Å². The van der Waals surface area contributed by atoms with Gasteiger partial charge in [-0.25, -0.2) is 9.67 Å². The van der Waals surface area contributed by atoms with Crippen molar-refractivity contribution in [1.82, 2.24) is 14.8 Å². The van der Waals surface area contributed by atoms with Crippen LogP contribution in [0.15, 0.2) is 23.2 Å². The lowest BCUT2D eigenvalue weighted by atomic mass is 10.3. The van der Waals surface area contributed by atoms with Crippen LogP contribution in [-0.4, -0.2) is 27.3 Å². The van der Waals surface area contributed by atoms with Gasteiger partial charge >= 0.3 is 0 Å². The number of hydrogen-bond acceptors (Lipinski definition) is 5. The van der Waals surface area contributed by atoms with E-state index in [0.717, 1.165) is 11.3 Å². The number of aldehydes is 1. The number of carbonyl (C=O) groups excluding carboxylic acids is 1. The Labute approximate surface area is 109 Å². The lowest BCUT2D eigenvalue weighted by Gasteiger charge is -2.06. The largest absolute Gasteiger partial charge is 0.420 e. The summed E-state index contributed by atoms with van der Waals surface area (Å²) in [5.41, 5.74) is 1.09. The molecule has 6 heteroatoms. The molecule has 0 bridgehead atoms. The van der Waals surface area contributed by atoms with Gasteiger partial charge in [-0.05, 0) is 19.2 Å². The Kier molecular flexibility index (Phi) is 3.66. The first kappa shape index (κ1) is 12.6. The van der Waals surface area contributed by atoms with Gasteiger partial charge in [0.05, 0.1) is 16.3 Å². The van der Waals surface area contributed by atoms with Gasteiger partial charge < -0.3 is 4.74 Å². The van der Waals surface area contributed by atoms with Crippen molar-refractivity contribution in [3.63, 3.8) is 0 Å². The molecular formula is C12H13N3O2S. The lowest BCUT2D eigenvalue weighted by molar-refractivity contribution is 0.112. The van der Waals surface area contributed by atoms with E-state index in [1.54, 1.807) is 20.0 Å². The van der Waals surface area contributed by atoms with Crippen molar-refractivity contribution in [1.29, 1.82) is 0 Å². The molecule has 0 saturated carbocycles. The summed E-state index contributed by atoms with van der Waals surface area (Å²) in [6.45, 7) is 1.77. The highest BCUT2D eigenvalue weighted by molar-refractivity contribution is 7.98. The molecule has 2 aromatic heterocycles. The molecule has 0 atom stereocenters. The molecule has 0 unspecified atom stereocenters. The number of thioether (sulfide) groups is 1. The van der Waals surface area contributed by atoms with E-state index in [1.165, 1.54) is 16.4 Å². The van der Waals surface area contributed by atoms with E-state index in [-0.39, 0.29) is 0 Å². The predicted octanol–water partition coefficient (Wildman–Crippen LogP) is 2.45. The molecule has 0 aliphatic heterocycles. The summed E-state index contributed by atoms with van der Waals surface area (Å²) < 4.78 is 7.17. The second kappa shape index (κ2) is 5.22. The average Bonchev–Trinajstić information content (AvgIpc) is 2.64. The van der Waals surface area contributed by atoms with Crippen molar-refractivity contribution in [2.45, 2.75) is 11.9 Å². The maximum absolute atomic E-state index is 11.0. The van der Waals surface area contributed by atoms with Crippen molar-refractivity contribution < 1.29 is 9.53 Å². The van der Waals surface area contributed by atoms with Gasteiger partial charge in [-0.15, -0.1) is 11.8 Å². The molecule has 94 valence electrons. The SMILES string of the molecule is CSc1cccc(Oc2c(C=O)c(C)nn2C)n1. The van der Waals surface area contributed by atoms with Crippen LogP contribution in [0.5, 0.6) is 11.8 Å². The van der Waals surface area contributed by atoms with Gasteiger partial charge in [0.25, 0.3) is 0 Å². The third kappa shape index (κ3) is 2.38. The zero-order valence-electron chi connectivity index (χ0n) is 10.4. The Balaban J connectivity index is 2.36. The average molecular weight is 263 g/mol. The highest BCUT2D eigenvalue weighted by Crippen LogP contribution is 2.25. The molecular weight excluding hydrogens is 250 g/mol. The maximum Gasteiger partial charge on any atom is 0.230 e. The van der Waals surface area contributed by atoms with Gasteiger partial charge in [0.1, 0.15) is 0 Å². The number of pyridine rings is 1. The normalized spacial score (nSPS) is 10.4. The predicted molar refractivity (Wildman–Crippen MR) is 69.4 cm³/mol. The second-order valence-corrected chi connectivity index (χ2v) is 4.49. The molecule has 0 N–H and O–H groups in total. The number of hydrogen-bond donors (Lipinski definition) is 0. The summed E-state index contributed by atoms with van der Waals surface area (Å²) in [6.07, 6.45) is 2.69. The summed E-state index contributed by atoms with van der Waals surface area (Å²) in [7, 11) is 1.73. The molecule has 2 rings (SSSR count). The molecule has 2 heterocycles. The van der Waals surface area contributed by atoms with Crippen LogP contribution in [0.2, 0.25) is 0 Å². The van der Waals surface area contributed by atoms with Gasteiger partial charge in [-0.2, -0.15) is 5.10 Å². The first-order chi connectivity index (χ1) is 8.65. The van der Waals surface area contributed by atoms with Crippen LogP contribution in [0.3, 0.4) is 0 Å². The van der Waals surface area contributed by atoms with Gasteiger partial charge in [-0.3, -0.25) is 4.79 Å². The van der Waals surface area contributed by atoms with Crippen molar-refractivity contribution >= 4 is 18.0 Å². The van der Waals surface area contributed by atoms with Crippen molar-refractivity contribution in [2.24, 2.45) is 7.05 Å². The van der Waals surface area contributed by atoms with E-state index in [0.29, 0.717) is 23.0 Å². The van der Waals surface area contributed by atoms with Crippen LogP contribution in [0.25, 0.3) is 0 Å². The number of aryl methyl sites for hydroxylation is 2. The lowest BCUT2D eigenvalue weighted by Crippen LogP contribution is -1.98. The first-order valence-corrected chi connectivity index (χ1v) is 6.56. The Morgan fingerprint density at radius 3 is 2.89 bits per heavy atom. The van der Waals surface area contributed by atoms with E-state index in [9.17, 15) is 4.79 Å². The number of carbonyl (C=O) groups is 1. The fourth-order valence-corrected chi connectivity index (χ4v) is 1.97. The summed E-state index contributed by atoms with van der Waals surface area (Å²) in [5, 5.41) is 5.01. The monoisotopic (exact) mass is 263 g/mol. The highest BCUT2D eigenvalue weighted by Gasteiger charge is 2.15. The van der Waals surface area contributed by atoms with E-state index >= 15 is 0 Å². The molecule has 18 heavy (non-hydrogen) atoms. The minimum atomic E-state index is 0.410. The molecule has 0 saturated heterocycles. The van der Waals surface area contributed by atoms with Gasteiger partial charge in [0.2, 0.25) is 11.8 Å². The number of aromatic nitrogens is 3. The van der Waals surface area contributed by atoms with Crippen LogP contribution in [-0.2, 0) is 7.05 Å². The third-order valence-electron chi connectivity index (χ3n) is 2.44. The van der Waals surface area contributed by atoms with E-state index < -0.39 is 0 Å². The summed E-state index contributed by atoms with van der Waals surface area (Å²) in [6, 6.07) is 5.50. The Morgan fingerprint density at radius 2 is 2.22 bits per heavy atom. The summed E-state index contributed by atoms with van der Waals surface area (Å²) in [4.78, 5) is 15.3. The van der Waals surface area contributed by atoms with E-state index in [4.69, 9.17) is 4.74 Å². The standard InChI is InChI=1S/C12H13N3O2S/c1-8-9(7-16)12(15(2)14-8)17-10-5-4-6-11(13-10)18-3/h4-7H,1-3H3. The van der Waals surface area contributed by atoms with Crippen molar-refractivity contribution in [3.8, 4) is 11.8 Å². The summed E-state index contributed by atoms with van der Waals surface area (Å²) >= 11 is 1.53. The van der Waals surface area contributed by atoms with Gasteiger partial charge in [0, 0.05) is 13.1 Å². The molecule has 0 aliphatic carbocycles. The Hall–Kier alpha value is -1.82. The van der Waals surface area contributed by atoms with Crippen LogP contribution < -0.4 is 4.74 Å². The molecule has 0 radical (unpaired) electrons. The molecule has 0 spiro atoms. The fourth-order valence-electron chi connectivity index (χ4n) is 1.58. The minimum absolute atomic E-state index is 0.410. The molecule has 2 aromatic rings. The molecule has 0 aromatic carbocycles. The summed E-state index contributed by atoms with van der Waals surface area (Å²) in [5.74, 6) is 0.862. The van der Waals surface area contributed by atoms with Gasteiger partial charge in [0.15, 0.2) is 6.29 Å². The zero-order chi connectivity index (χ0) is 13.1. The van der Waals surface area contributed by atoms with E-state index in [1.807, 2.05) is 18.4 Å². The Bertz CT molecular complexity index is 581. The number of rotatable bonds is 4. The minimum Gasteiger partial charge on any atom is -0.420 e. The van der Waals surface area contributed by atoms with Crippen molar-refractivity contribution in [2.75, 3.05) is 6.26 Å². The number of ether oxygens (including phenoxy) is 1. The zero-order valence-corrected chi connectivity index (χ0v) is 11.2. The van der Waals surface area contributed by atoms with Crippen LogP contribution in [0.4, 0.5) is 0 Å². The van der Waals surface area contributed by atoms with Crippen molar-refractivity contribution in [3.05, 3.63) is 29.5 Å². The smallest absolute Gasteiger partial charge is 0.230 e. The van der Waals surface area contributed by atoms with Crippen LogP contribution >= 0.6 is 11.8 Å². The second-order valence-electron chi connectivity index (χ2n) is 3.67. The van der Waals surface area contributed by atoms with Gasteiger partial charge in [-0.1, -0.05) is 6.07 Å². The quantitative estimate of drug-likeness (QED) is 0.626.